The van der Waals surface area contributed by atoms with E-state index in [2.05, 4.69) is 34.3 Å². The number of halogens is 1. The minimum absolute atomic E-state index is 0. The molecule has 3 aromatic rings. The molecule has 0 fully saturated rings. The number of hydrogen-bond donors (Lipinski definition) is 1. The zero-order valence-corrected chi connectivity index (χ0v) is 14.7. The number of hydrogen-bond acceptors (Lipinski definition) is 4. The number of rotatable bonds is 4. The summed E-state index contributed by atoms with van der Waals surface area (Å²) in [5.41, 5.74) is 4.14. The van der Waals surface area contributed by atoms with Crippen LogP contribution in [0.4, 0.5) is 11.5 Å². The molecule has 0 aliphatic carbocycles. The first-order valence-corrected chi connectivity index (χ1v) is 7.48. The van der Waals surface area contributed by atoms with Crippen molar-refractivity contribution in [2.24, 2.45) is 0 Å². The van der Waals surface area contributed by atoms with Crippen molar-refractivity contribution in [2.45, 2.75) is 13.8 Å². The van der Waals surface area contributed by atoms with Crippen LogP contribution in [0.1, 0.15) is 11.4 Å². The predicted octanol–water partition coefficient (Wildman–Crippen LogP) is 4.93. The summed E-state index contributed by atoms with van der Waals surface area (Å²) in [4.78, 5) is 9.00. The van der Waals surface area contributed by atoms with E-state index in [0.29, 0.717) is 0 Å². The number of aromatic nitrogens is 2. The van der Waals surface area contributed by atoms with Crippen LogP contribution in [0.3, 0.4) is 0 Å². The molecule has 1 heterocycles. The second-order valence-corrected chi connectivity index (χ2v) is 5.41. The Morgan fingerprint density at radius 1 is 0.917 bits per heavy atom. The highest BCUT2D eigenvalue weighted by atomic mass is 35.5. The Morgan fingerprint density at radius 3 is 2.33 bits per heavy atom. The maximum atomic E-state index is 5.20. The maximum Gasteiger partial charge on any atom is 0.134 e. The standard InChI is InChI=1S/C19H19N3O.ClH/c1-13-5-4-6-16(11-13)22-19-12-18(20-14(2)21-19)15-7-9-17(23-3)10-8-15;/h4-12H,1-3H3,(H,20,21,22);1H. The van der Waals surface area contributed by atoms with Crippen LogP contribution in [0.15, 0.2) is 54.6 Å². The van der Waals surface area contributed by atoms with Crippen molar-refractivity contribution in [3.8, 4) is 17.0 Å². The molecule has 3 rings (SSSR count). The molecule has 24 heavy (non-hydrogen) atoms. The van der Waals surface area contributed by atoms with Gasteiger partial charge in [-0.3, -0.25) is 0 Å². The first kappa shape index (κ1) is 17.8. The number of nitrogens with one attached hydrogen (secondary N) is 1. The largest absolute Gasteiger partial charge is 0.497 e. The number of anilines is 2. The van der Waals surface area contributed by atoms with E-state index in [9.17, 15) is 0 Å². The van der Waals surface area contributed by atoms with Gasteiger partial charge in [0.1, 0.15) is 17.4 Å². The lowest BCUT2D eigenvalue weighted by Gasteiger charge is -2.10. The summed E-state index contributed by atoms with van der Waals surface area (Å²) >= 11 is 0. The average molecular weight is 342 g/mol. The SMILES string of the molecule is COc1ccc(-c2cc(Nc3cccc(C)c3)nc(C)n2)cc1.Cl. The Kier molecular flexibility index (Phi) is 5.77. The molecule has 5 heteroatoms. The molecular formula is C19H20ClN3O. The minimum atomic E-state index is 0. The maximum absolute atomic E-state index is 5.20. The summed E-state index contributed by atoms with van der Waals surface area (Å²) < 4.78 is 5.20. The van der Waals surface area contributed by atoms with Crippen molar-refractivity contribution < 1.29 is 4.74 Å². The molecule has 0 bridgehead atoms. The second-order valence-electron chi connectivity index (χ2n) is 5.41. The highest BCUT2D eigenvalue weighted by molar-refractivity contribution is 5.85. The van der Waals surface area contributed by atoms with E-state index >= 15 is 0 Å². The highest BCUT2D eigenvalue weighted by Gasteiger charge is 2.05. The molecule has 0 spiro atoms. The fourth-order valence-corrected chi connectivity index (χ4v) is 2.41. The van der Waals surface area contributed by atoms with Gasteiger partial charge in [0.05, 0.1) is 12.8 Å². The third-order valence-electron chi connectivity index (χ3n) is 3.51. The average Bonchev–Trinajstić information content (AvgIpc) is 2.54. The Morgan fingerprint density at radius 2 is 1.67 bits per heavy atom. The van der Waals surface area contributed by atoms with Crippen molar-refractivity contribution in [3.63, 3.8) is 0 Å². The molecule has 0 saturated carbocycles. The molecule has 0 saturated heterocycles. The Bertz CT molecular complexity index is 819. The van der Waals surface area contributed by atoms with Gasteiger partial charge in [-0.25, -0.2) is 9.97 Å². The van der Waals surface area contributed by atoms with Crippen molar-refractivity contribution in [2.75, 3.05) is 12.4 Å². The monoisotopic (exact) mass is 341 g/mol. The van der Waals surface area contributed by atoms with Crippen LogP contribution < -0.4 is 10.1 Å². The van der Waals surface area contributed by atoms with Gasteiger partial charge < -0.3 is 10.1 Å². The molecule has 124 valence electrons. The molecule has 0 radical (unpaired) electrons. The molecule has 0 aliphatic rings. The van der Waals surface area contributed by atoms with Gasteiger partial charge in [-0.2, -0.15) is 0 Å². The van der Waals surface area contributed by atoms with Crippen molar-refractivity contribution >= 4 is 23.9 Å². The van der Waals surface area contributed by atoms with Gasteiger partial charge in [0, 0.05) is 17.3 Å². The quantitative estimate of drug-likeness (QED) is 0.730. The molecular weight excluding hydrogens is 322 g/mol. The smallest absolute Gasteiger partial charge is 0.134 e. The van der Waals surface area contributed by atoms with Crippen molar-refractivity contribution in [1.29, 1.82) is 0 Å². The molecule has 1 N–H and O–H groups in total. The molecule has 0 amide bonds. The summed E-state index contributed by atoms with van der Waals surface area (Å²) in [6.45, 7) is 3.97. The minimum Gasteiger partial charge on any atom is -0.497 e. The van der Waals surface area contributed by atoms with E-state index < -0.39 is 0 Å². The third-order valence-corrected chi connectivity index (χ3v) is 3.51. The fraction of sp³-hybridized carbons (Fsp3) is 0.158. The Balaban J connectivity index is 0.00000208. The zero-order chi connectivity index (χ0) is 16.2. The number of ether oxygens (including phenoxy) is 1. The van der Waals surface area contributed by atoms with Gasteiger partial charge in [-0.05, 0) is 55.8 Å². The highest BCUT2D eigenvalue weighted by Crippen LogP contribution is 2.24. The normalized spacial score (nSPS) is 9.96. The molecule has 0 unspecified atom stereocenters. The summed E-state index contributed by atoms with van der Waals surface area (Å²) in [5, 5.41) is 3.34. The first-order valence-electron chi connectivity index (χ1n) is 7.48. The first-order chi connectivity index (χ1) is 11.1. The van der Waals surface area contributed by atoms with Gasteiger partial charge in [0.25, 0.3) is 0 Å². The van der Waals surface area contributed by atoms with Crippen molar-refractivity contribution in [1.82, 2.24) is 9.97 Å². The van der Waals surface area contributed by atoms with Crippen LogP contribution in [0, 0.1) is 13.8 Å². The van der Waals surface area contributed by atoms with Gasteiger partial charge >= 0.3 is 0 Å². The summed E-state index contributed by atoms with van der Waals surface area (Å²) in [6, 6.07) is 18.0. The van der Waals surface area contributed by atoms with E-state index in [0.717, 1.165) is 34.3 Å². The second kappa shape index (κ2) is 7.79. The molecule has 0 aliphatic heterocycles. The van der Waals surface area contributed by atoms with Gasteiger partial charge in [-0.15, -0.1) is 12.4 Å². The van der Waals surface area contributed by atoms with E-state index in [1.165, 1.54) is 5.56 Å². The van der Waals surface area contributed by atoms with Gasteiger partial charge in [0.15, 0.2) is 0 Å². The topological polar surface area (TPSA) is 47.0 Å². The van der Waals surface area contributed by atoms with Crippen LogP contribution in [-0.2, 0) is 0 Å². The number of aryl methyl sites for hydroxylation is 2. The van der Waals surface area contributed by atoms with Crippen LogP contribution in [0.2, 0.25) is 0 Å². The van der Waals surface area contributed by atoms with Gasteiger partial charge in [-0.1, -0.05) is 12.1 Å². The lowest BCUT2D eigenvalue weighted by molar-refractivity contribution is 0.415. The number of benzene rings is 2. The fourth-order valence-electron chi connectivity index (χ4n) is 2.41. The lowest BCUT2D eigenvalue weighted by atomic mass is 10.1. The molecule has 2 aromatic carbocycles. The summed E-state index contributed by atoms with van der Waals surface area (Å²) in [6.07, 6.45) is 0. The Labute approximate surface area is 148 Å². The van der Waals surface area contributed by atoms with E-state index in [1.54, 1.807) is 7.11 Å². The van der Waals surface area contributed by atoms with Crippen LogP contribution in [0.25, 0.3) is 11.3 Å². The molecule has 4 nitrogen and oxygen atoms in total. The predicted molar refractivity (Wildman–Crippen MR) is 100 cm³/mol. The Hall–Kier alpha value is -2.59. The summed E-state index contributed by atoms with van der Waals surface area (Å²) in [5.74, 6) is 2.35. The van der Waals surface area contributed by atoms with E-state index in [1.807, 2.05) is 49.4 Å². The van der Waals surface area contributed by atoms with Crippen LogP contribution in [-0.4, -0.2) is 17.1 Å². The lowest BCUT2D eigenvalue weighted by Crippen LogP contribution is -1.99. The van der Waals surface area contributed by atoms with Gasteiger partial charge in [0.2, 0.25) is 0 Å². The summed E-state index contributed by atoms with van der Waals surface area (Å²) in [7, 11) is 1.66. The van der Waals surface area contributed by atoms with Crippen LogP contribution in [0.5, 0.6) is 5.75 Å². The van der Waals surface area contributed by atoms with E-state index in [4.69, 9.17) is 4.74 Å². The zero-order valence-electron chi connectivity index (χ0n) is 13.9. The molecule has 1 aromatic heterocycles. The third kappa shape index (κ3) is 4.24. The number of methoxy groups -OCH3 is 1. The molecule has 0 atom stereocenters. The number of nitrogens with zero attached hydrogens (tertiary/aromatic N) is 2. The van der Waals surface area contributed by atoms with Crippen molar-refractivity contribution in [3.05, 3.63) is 66.0 Å². The van der Waals surface area contributed by atoms with E-state index in [-0.39, 0.29) is 12.4 Å². The van der Waals surface area contributed by atoms with Crippen LogP contribution >= 0.6 is 12.4 Å².